The van der Waals surface area contributed by atoms with Gasteiger partial charge in [0.05, 0.1) is 22.6 Å². The van der Waals surface area contributed by atoms with Gasteiger partial charge >= 0.3 is 0 Å². The van der Waals surface area contributed by atoms with Crippen LogP contribution in [-0.4, -0.2) is 15.0 Å². The molecule has 2 heterocycles. The maximum absolute atomic E-state index is 5.16. The molecule has 0 spiro atoms. The summed E-state index contributed by atoms with van der Waals surface area (Å²) in [4.78, 5) is 15.4. The Morgan fingerprint density at radius 1 is 0.300 bits per heavy atom. The smallest absolute Gasteiger partial charge is 0.160 e. The molecule has 3 heteroatoms. The molecule has 234 valence electrons. The number of hydrogen-bond donors (Lipinski definition) is 0. The first-order valence-electron chi connectivity index (χ1n) is 16.9. The van der Waals surface area contributed by atoms with Crippen LogP contribution in [0.4, 0.5) is 0 Å². The Hall–Kier alpha value is -6.71. The molecule has 3 nitrogen and oxygen atoms in total. The van der Waals surface area contributed by atoms with Crippen molar-refractivity contribution in [1.82, 2.24) is 15.0 Å². The van der Waals surface area contributed by atoms with E-state index in [-0.39, 0.29) is 0 Å². The molecule has 0 radical (unpaired) electrons. The predicted molar refractivity (Wildman–Crippen MR) is 207 cm³/mol. The Labute approximate surface area is 291 Å². The number of rotatable bonds is 6. The molecule has 0 unspecified atom stereocenters. The monoisotopic (exact) mass is 637 g/mol. The van der Waals surface area contributed by atoms with E-state index < -0.39 is 0 Å². The summed E-state index contributed by atoms with van der Waals surface area (Å²) in [7, 11) is 0. The highest BCUT2D eigenvalue weighted by atomic mass is 14.9. The highest BCUT2D eigenvalue weighted by Gasteiger charge is 2.15. The van der Waals surface area contributed by atoms with Crippen LogP contribution in [0.3, 0.4) is 0 Å². The lowest BCUT2D eigenvalue weighted by Crippen LogP contribution is -1.96. The lowest BCUT2D eigenvalue weighted by molar-refractivity contribution is 1.18. The molecule has 0 bridgehead atoms. The second-order valence-corrected chi connectivity index (χ2v) is 12.5. The van der Waals surface area contributed by atoms with Crippen LogP contribution in [0.1, 0.15) is 0 Å². The predicted octanol–water partition coefficient (Wildman–Crippen LogP) is 12.2. The minimum atomic E-state index is 0.700. The third kappa shape index (κ3) is 5.61. The molecule has 9 rings (SSSR count). The molecule has 0 atom stereocenters. The van der Waals surface area contributed by atoms with Gasteiger partial charge in [-0.05, 0) is 63.4 Å². The van der Waals surface area contributed by atoms with Crippen LogP contribution >= 0.6 is 0 Å². The van der Waals surface area contributed by atoms with Gasteiger partial charge < -0.3 is 0 Å². The van der Waals surface area contributed by atoms with Crippen molar-refractivity contribution in [2.24, 2.45) is 0 Å². The number of fused-ring (bicyclic) bond motifs is 3. The molecule has 0 aliphatic rings. The second-order valence-electron chi connectivity index (χ2n) is 12.5. The third-order valence-electron chi connectivity index (χ3n) is 9.26. The van der Waals surface area contributed by atoms with Gasteiger partial charge in [0, 0.05) is 27.6 Å². The summed E-state index contributed by atoms with van der Waals surface area (Å²) in [6.45, 7) is 0. The molecule has 0 aliphatic carbocycles. The van der Waals surface area contributed by atoms with Crippen LogP contribution in [-0.2, 0) is 0 Å². The van der Waals surface area contributed by atoms with Gasteiger partial charge in [-0.2, -0.15) is 0 Å². The molecular formula is C47H31N3. The van der Waals surface area contributed by atoms with Crippen LogP contribution in [0.2, 0.25) is 0 Å². The van der Waals surface area contributed by atoms with E-state index in [1.165, 1.54) is 16.7 Å². The van der Waals surface area contributed by atoms with E-state index in [1.807, 2.05) is 30.3 Å². The molecule has 9 aromatic rings. The van der Waals surface area contributed by atoms with Crippen molar-refractivity contribution in [2.45, 2.75) is 0 Å². The summed E-state index contributed by atoms with van der Waals surface area (Å²) in [6, 6.07) is 65.6. The van der Waals surface area contributed by atoms with Crippen molar-refractivity contribution in [3.05, 3.63) is 188 Å². The molecule has 0 saturated carbocycles. The maximum Gasteiger partial charge on any atom is 0.160 e. The first-order chi connectivity index (χ1) is 24.8. The van der Waals surface area contributed by atoms with Gasteiger partial charge in [0.15, 0.2) is 5.82 Å². The SMILES string of the molecule is c1ccc(-c2cccc(-c3cc(-c4ccc5c(ccc6nc(-c7ccccc7)cc(-c7ccccc7)c65)c4)nc(-c4ccccc4)n3)c2)cc1. The standard InChI is InChI=1S/C47H31N3/c1-5-14-32(15-6-1)36-22-13-23-38(28-36)44-31-45(50-47(49-44)35-20-11-4-12-21-35)39-24-26-40-37(29-39)25-27-42-46(40)41(33-16-7-2-8-17-33)30-43(48-42)34-18-9-3-10-19-34/h1-31H. The highest BCUT2D eigenvalue weighted by molar-refractivity contribution is 6.14. The minimum Gasteiger partial charge on any atom is -0.248 e. The van der Waals surface area contributed by atoms with Crippen LogP contribution < -0.4 is 0 Å². The van der Waals surface area contributed by atoms with Crippen molar-refractivity contribution in [2.75, 3.05) is 0 Å². The molecule has 0 amide bonds. The van der Waals surface area contributed by atoms with Crippen LogP contribution in [0.25, 0.3) is 89.1 Å². The van der Waals surface area contributed by atoms with E-state index in [1.54, 1.807) is 0 Å². The Morgan fingerprint density at radius 2 is 0.840 bits per heavy atom. The van der Waals surface area contributed by atoms with E-state index in [4.69, 9.17) is 15.0 Å². The lowest BCUT2D eigenvalue weighted by atomic mass is 9.93. The summed E-state index contributed by atoms with van der Waals surface area (Å²) in [5, 5.41) is 3.44. The summed E-state index contributed by atoms with van der Waals surface area (Å²) in [5.74, 6) is 0.700. The normalized spacial score (nSPS) is 11.2. The molecule has 0 aliphatic heterocycles. The zero-order chi connectivity index (χ0) is 33.3. The van der Waals surface area contributed by atoms with Crippen LogP contribution in [0.5, 0.6) is 0 Å². The second kappa shape index (κ2) is 12.7. The third-order valence-corrected chi connectivity index (χ3v) is 9.26. The summed E-state index contributed by atoms with van der Waals surface area (Å²) in [5.41, 5.74) is 12.5. The Kier molecular flexibility index (Phi) is 7.49. The van der Waals surface area contributed by atoms with E-state index in [0.717, 1.165) is 66.6 Å². The molecule has 50 heavy (non-hydrogen) atoms. The summed E-state index contributed by atoms with van der Waals surface area (Å²) < 4.78 is 0. The van der Waals surface area contributed by atoms with Gasteiger partial charge in [-0.25, -0.2) is 15.0 Å². The van der Waals surface area contributed by atoms with E-state index >= 15 is 0 Å². The molecule has 7 aromatic carbocycles. The van der Waals surface area contributed by atoms with E-state index in [2.05, 4.69) is 158 Å². The molecule has 0 saturated heterocycles. The van der Waals surface area contributed by atoms with Crippen LogP contribution in [0.15, 0.2) is 188 Å². The molecule has 0 N–H and O–H groups in total. The summed E-state index contributed by atoms with van der Waals surface area (Å²) >= 11 is 0. The van der Waals surface area contributed by atoms with Gasteiger partial charge in [0.2, 0.25) is 0 Å². The largest absolute Gasteiger partial charge is 0.248 e. The fraction of sp³-hybridized carbons (Fsp3) is 0. The quantitative estimate of drug-likeness (QED) is 0.170. The number of benzene rings is 7. The zero-order valence-corrected chi connectivity index (χ0v) is 27.2. The topological polar surface area (TPSA) is 38.7 Å². The molecule has 2 aromatic heterocycles. The average Bonchev–Trinajstić information content (AvgIpc) is 3.21. The van der Waals surface area contributed by atoms with Gasteiger partial charge in [0.1, 0.15) is 0 Å². The molecular weight excluding hydrogens is 607 g/mol. The van der Waals surface area contributed by atoms with Crippen molar-refractivity contribution >= 4 is 21.7 Å². The number of aromatic nitrogens is 3. The number of nitrogens with zero attached hydrogens (tertiary/aromatic N) is 3. The maximum atomic E-state index is 5.16. The van der Waals surface area contributed by atoms with Gasteiger partial charge in [-0.3, -0.25) is 0 Å². The van der Waals surface area contributed by atoms with Crippen molar-refractivity contribution in [3.8, 4) is 67.4 Å². The van der Waals surface area contributed by atoms with Crippen molar-refractivity contribution in [1.29, 1.82) is 0 Å². The zero-order valence-electron chi connectivity index (χ0n) is 27.2. The van der Waals surface area contributed by atoms with Crippen LogP contribution in [0, 0.1) is 0 Å². The van der Waals surface area contributed by atoms with E-state index in [0.29, 0.717) is 5.82 Å². The highest BCUT2D eigenvalue weighted by Crippen LogP contribution is 2.38. The van der Waals surface area contributed by atoms with Crippen molar-refractivity contribution < 1.29 is 0 Å². The number of pyridine rings is 1. The molecule has 0 fully saturated rings. The van der Waals surface area contributed by atoms with Gasteiger partial charge in [0.25, 0.3) is 0 Å². The van der Waals surface area contributed by atoms with Gasteiger partial charge in [-0.15, -0.1) is 0 Å². The fourth-order valence-electron chi connectivity index (χ4n) is 6.77. The van der Waals surface area contributed by atoms with E-state index in [9.17, 15) is 0 Å². The number of hydrogen-bond acceptors (Lipinski definition) is 3. The first-order valence-corrected chi connectivity index (χ1v) is 16.9. The summed E-state index contributed by atoms with van der Waals surface area (Å²) in [6.07, 6.45) is 0. The fourth-order valence-corrected chi connectivity index (χ4v) is 6.77. The van der Waals surface area contributed by atoms with Gasteiger partial charge in [-0.1, -0.05) is 158 Å². The Morgan fingerprint density at radius 3 is 1.52 bits per heavy atom. The Bertz CT molecular complexity index is 2620. The average molecular weight is 638 g/mol. The lowest BCUT2D eigenvalue weighted by Gasteiger charge is -2.14. The van der Waals surface area contributed by atoms with Crippen molar-refractivity contribution in [3.63, 3.8) is 0 Å². The Balaban J connectivity index is 1.21. The minimum absolute atomic E-state index is 0.700. The first kappa shape index (κ1) is 29.4.